The number of hydrogen-bond donors (Lipinski definition) is 1. The summed E-state index contributed by atoms with van der Waals surface area (Å²) >= 11 is 5.79. The molecule has 3 heterocycles. The molecule has 0 spiro atoms. The van der Waals surface area contributed by atoms with Crippen molar-refractivity contribution in [1.82, 2.24) is 15.2 Å². The van der Waals surface area contributed by atoms with Gasteiger partial charge in [-0.05, 0) is 30.9 Å². The predicted molar refractivity (Wildman–Crippen MR) is 69.6 cm³/mol. The highest BCUT2D eigenvalue weighted by Crippen LogP contribution is 2.33. The zero-order valence-electron chi connectivity index (χ0n) is 10.3. The fourth-order valence-electron chi connectivity index (χ4n) is 3.09. The summed E-state index contributed by atoms with van der Waals surface area (Å²) in [5.41, 5.74) is 0.485. The zero-order valence-corrected chi connectivity index (χ0v) is 11.0. The molecule has 0 aromatic carbocycles. The molecule has 18 heavy (non-hydrogen) atoms. The van der Waals surface area contributed by atoms with Gasteiger partial charge in [0.05, 0.1) is 5.02 Å². The van der Waals surface area contributed by atoms with E-state index in [1.54, 1.807) is 12.1 Å². The van der Waals surface area contributed by atoms with E-state index in [-0.39, 0.29) is 11.9 Å². The molecule has 1 aromatic heterocycles. The fraction of sp³-hybridized carbons (Fsp3) is 0.538. The Kier molecular flexibility index (Phi) is 2.99. The van der Waals surface area contributed by atoms with Crippen molar-refractivity contribution in [1.29, 1.82) is 0 Å². The van der Waals surface area contributed by atoms with Crippen LogP contribution < -0.4 is 5.32 Å². The van der Waals surface area contributed by atoms with Gasteiger partial charge in [0.15, 0.2) is 0 Å². The van der Waals surface area contributed by atoms with Crippen LogP contribution >= 0.6 is 11.6 Å². The number of amides is 1. The SMILES string of the molecule is CC1C2CNCC2CN1C(=O)c1ccc(Cl)cn1. The Morgan fingerprint density at radius 2 is 2.33 bits per heavy atom. The lowest BCUT2D eigenvalue weighted by Crippen LogP contribution is -2.38. The van der Waals surface area contributed by atoms with Gasteiger partial charge in [-0.2, -0.15) is 0 Å². The number of rotatable bonds is 1. The van der Waals surface area contributed by atoms with E-state index in [1.165, 1.54) is 6.20 Å². The second kappa shape index (κ2) is 4.52. The molecular weight excluding hydrogens is 250 g/mol. The lowest BCUT2D eigenvalue weighted by Gasteiger charge is -2.24. The molecule has 2 saturated heterocycles. The van der Waals surface area contributed by atoms with Crippen LogP contribution in [-0.4, -0.2) is 41.5 Å². The Morgan fingerprint density at radius 3 is 3.00 bits per heavy atom. The second-order valence-corrected chi connectivity index (χ2v) is 5.58. The Morgan fingerprint density at radius 1 is 1.50 bits per heavy atom. The average Bonchev–Trinajstić information content (AvgIpc) is 2.93. The number of aromatic nitrogens is 1. The standard InChI is InChI=1S/C13H16ClN3O/c1-8-11-6-15-4-9(11)7-17(8)13(18)12-3-2-10(14)5-16-12/h2-3,5,8-9,11,15H,4,6-7H2,1H3. The van der Waals surface area contributed by atoms with Crippen LogP contribution in [0, 0.1) is 11.8 Å². The molecule has 2 aliphatic rings. The third kappa shape index (κ3) is 1.89. The van der Waals surface area contributed by atoms with E-state index in [0.29, 0.717) is 22.6 Å². The van der Waals surface area contributed by atoms with Gasteiger partial charge in [0.2, 0.25) is 0 Å². The summed E-state index contributed by atoms with van der Waals surface area (Å²) in [5.74, 6) is 1.20. The molecule has 3 atom stereocenters. The van der Waals surface area contributed by atoms with Gasteiger partial charge < -0.3 is 10.2 Å². The van der Waals surface area contributed by atoms with Crippen molar-refractivity contribution in [3.05, 3.63) is 29.0 Å². The Balaban J connectivity index is 1.79. The van der Waals surface area contributed by atoms with Crippen LogP contribution in [0.15, 0.2) is 18.3 Å². The third-order valence-electron chi connectivity index (χ3n) is 4.14. The van der Waals surface area contributed by atoms with Crippen LogP contribution in [0.4, 0.5) is 0 Å². The second-order valence-electron chi connectivity index (χ2n) is 5.14. The van der Waals surface area contributed by atoms with E-state index >= 15 is 0 Å². The number of carbonyl (C=O) groups excluding carboxylic acids is 1. The maximum Gasteiger partial charge on any atom is 0.272 e. The van der Waals surface area contributed by atoms with Gasteiger partial charge in [0.25, 0.3) is 5.91 Å². The molecule has 3 unspecified atom stereocenters. The van der Waals surface area contributed by atoms with E-state index in [0.717, 1.165) is 19.6 Å². The number of fused-ring (bicyclic) bond motifs is 1. The molecule has 96 valence electrons. The first kappa shape index (κ1) is 11.9. The van der Waals surface area contributed by atoms with Gasteiger partial charge in [-0.25, -0.2) is 4.98 Å². The van der Waals surface area contributed by atoms with Crippen LogP contribution in [0.2, 0.25) is 5.02 Å². The van der Waals surface area contributed by atoms with E-state index in [2.05, 4.69) is 17.2 Å². The quantitative estimate of drug-likeness (QED) is 0.835. The van der Waals surface area contributed by atoms with Crippen molar-refractivity contribution >= 4 is 17.5 Å². The molecule has 2 fully saturated rings. The highest BCUT2D eigenvalue weighted by atomic mass is 35.5. The van der Waals surface area contributed by atoms with Crippen LogP contribution in [0.5, 0.6) is 0 Å². The average molecular weight is 266 g/mol. The molecule has 1 amide bonds. The topological polar surface area (TPSA) is 45.2 Å². The molecule has 0 bridgehead atoms. The molecule has 1 aromatic rings. The highest BCUT2D eigenvalue weighted by Gasteiger charge is 2.43. The number of halogens is 1. The van der Waals surface area contributed by atoms with E-state index in [4.69, 9.17) is 11.6 Å². The van der Waals surface area contributed by atoms with Gasteiger partial charge in [-0.3, -0.25) is 4.79 Å². The molecule has 0 aliphatic carbocycles. The van der Waals surface area contributed by atoms with Crippen molar-refractivity contribution in [2.75, 3.05) is 19.6 Å². The van der Waals surface area contributed by atoms with Gasteiger partial charge in [-0.15, -0.1) is 0 Å². The summed E-state index contributed by atoms with van der Waals surface area (Å²) in [6.07, 6.45) is 1.53. The van der Waals surface area contributed by atoms with Crippen LogP contribution in [0.1, 0.15) is 17.4 Å². The largest absolute Gasteiger partial charge is 0.334 e. The van der Waals surface area contributed by atoms with Gasteiger partial charge in [-0.1, -0.05) is 11.6 Å². The number of nitrogens with zero attached hydrogens (tertiary/aromatic N) is 2. The van der Waals surface area contributed by atoms with E-state index in [1.807, 2.05) is 4.90 Å². The lowest BCUT2D eigenvalue weighted by atomic mass is 9.95. The maximum atomic E-state index is 12.4. The Bertz CT molecular complexity index is 462. The molecule has 1 N–H and O–H groups in total. The molecule has 4 nitrogen and oxygen atoms in total. The van der Waals surface area contributed by atoms with Crippen molar-refractivity contribution in [2.45, 2.75) is 13.0 Å². The zero-order chi connectivity index (χ0) is 12.7. The fourth-order valence-corrected chi connectivity index (χ4v) is 3.20. The molecule has 5 heteroatoms. The summed E-state index contributed by atoms with van der Waals surface area (Å²) in [6, 6.07) is 3.70. The monoisotopic (exact) mass is 265 g/mol. The first-order valence-electron chi connectivity index (χ1n) is 6.30. The summed E-state index contributed by atoms with van der Waals surface area (Å²) in [6.45, 7) is 5.00. The Hall–Kier alpha value is -1.13. The smallest absolute Gasteiger partial charge is 0.272 e. The predicted octanol–water partition coefficient (Wildman–Crippen LogP) is 1.41. The molecule has 0 saturated carbocycles. The molecular formula is C13H16ClN3O. The maximum absolute atomic E-state index is 12.4. The van der Waals surface area contributed by atoms with Crippen molar-refractivity contribution in [2.24, 2.45) is 11.8 Å². The van der Waals surface area contributed by atoms with Crippen molar-refractivity contribution < 1.29 is 4.79 Å². The molecule has 0 radical (unpaired) electrons. The van der Waals surface area contributed by atoms with E-state index in [9.17, 15) is 4.79 Å². The van der Waals surface area contributed by atoms with Gasteiger partial charge in [0, 0.05) is 31.9 Å². The number of pyridine rings is 1. The Labute approximate surface area is 111 Å². The van der Waals surface area contributed by atoms with E-state index < -0.39 is 0 Å². The van der Waals surface area contributed by atoms with Crippen molar-refractivity contribution in [3.8, 4) is 0 Å². The van der Waals surface area contributed by atoms with Crippen LogP contribution in [0.3, 0.4) is 0 Å². The number of nitrogens with one attached hydrogen (secondary N) is 1. The summed E-state index contributed by atoms with van der Waals surface area (Å²) in [7, 11) is 0. The minimum absolute atomic E-state index is 0.0218. The summed E-state index contributed by atoms with van der Waals surface area (Å²) in [5, 5.41) is 3.95. The van der Waals surface area contributed by atoms with Gasteiger partial charge >= 0.3 is 0 Å². The van der Waals surface area contributed by atoms with Crippen LogP contribution in [-0.2, 0) is 0 Å². The number of hydrogen-bond acceptors (Lipinski definition) is 3. The first-order chi connectivity index (χ1) is 8.66. The first-order valence-corrected chi connectivity index (χ1v) is 6.68. The normalized spacial score (nSPS) is 30.6. The summed E-state index contributed by atoms with van der Waals surface area (Å²) < 4.78 is 0. The van der Waals surface area contributed by atoms with Crippen molar-refractivity contribution in [3.63, 3.8) is 0 Å². The number of likely N-dealkylation sites (tertiary alicyclic amines) is 1. The minimum Gasteiger partial charge on any atom is -0.334 e. The minimum atomic E-state index is 0.0218. The molecule has 3 rings (SSSR count). The number of carbonyl (C=O) groups is 1. The van der Waals surface area contributed by atoms with Crippen LogP contribution in [0.25, 0.3) is 0 Å². The third-order valence-corrected chi connectivity index (χ3v) is 4.37. The highest BCUT2D eigenvalue weighted by molar-refractivity contribution is 6.30. The summed E-state index contributed by atoms with van der Waals surface area (Å²) in [4.78, 5) is 18.5. The lowest BCUT2D eigenvalue weighted by molar-refractivity contribution is 0.0722. The van der Waals surface area contributed by atoms with Gasteiger partial charge in [0.1, 0.15) is 5.69 Å². The molecule has 2 aliphatic heterocycles.